The van der Waals surface area contributed by atoms with Crippen molar-refractivity contribution in [1.29, 1.82) is 5.26 Å². The molecule has 3 fully saturated rings. The molecule has 4 heterocycles. The largest absolute Gasteiger partial charge is 0.380 e. The van der Waals surface area contributed by atoms with Crippen molar-refractivity contribution < 1.29 is 33.0 Å². The summed E-state index contributed by atoms with van der Waals surface area (Å²) in [6.45, 7) is 3.55. The lowest BCUT2D eigenvalue weighted by Crippen LogP contribution is -2.36. The highest BCUT2D eigenvalue weighted by molar-refractivity contribution is 8.04. The number of ether oxygens (including phenoxy) is 3. The lowest BCUT2D eigenvalue weighted by atomic mass is 9.90. The Morgan fingerprint density at radius 3 is 2.77 bits per heavy atom. The first kappa shape index (κ1) is 25.2. The topological polar surface area (TPSA) is 152 Å². The third-order valence-corrected chi connectivity index (χ3v) is 9.06. The number of hydrogen-bond acceptors (Lipinski definition) is 9. The summed E-state index contributed by atoms with van der Waals surface area (Å²) >= 11 is 7.42. The van der Waals surface area contributed by atoms with E-state index < -0.39 is 44.1 Å². The van der Waals surface area contributed by atoms with Gasteiger partial charge < -0.3 is 29.3 Å². The molecule has 15 heteroatoms. The number of halogens is 2. The van der Waals surface area contributed by atoms with Crippen molar-refractivity contribution in [3.63, 3.8) is 0 Å². The number of aromatic nitrogens is 3. The van der Waals surface area contributed by atoms with Gasteiger partial charge in [-0.1, -0.05) is 11.6 Å². The number of alkyl halides is 1. The molecule has 3 aliphatic rings. The van der Waals surface area contributed by atoms with Crippen molar-refractivity contribution >= 4 is 47.7 Å². The number of nitriles is 1. The van der Waals surface area contributed by atoms with Crippen LogP contribution in [0.25, 0.3) is 11.0 Å². The molecule has 5 rings (SSSR count). The molecule has 4 atom stereocenters. The lowest BCUT2D eigenvalue weighted by Gasteiger charge is -2.31. The van der Waals surface area contributed by atoms with Gasteiger partial charge in [0.05, 0.1) is 28.9 Å². The molecule has 1 aliphatic carbocycles. The highest BCUT2D eigenvalue weighted by Gasteiger charge is 2.56. The SMILES string of the molecule is CC1(C)O[C@@H]2[C@H](O1)[C@@H](CSCP(=O)(O)O)O[C@H]2n1ncc2c(NC3CC(F)C3)c(C#N)c(Cl)nc21. The average molecular weight is 548 g/mol. The van der Waals surface area contributed by atoms with Crippen LogP contribution in [0.3, 0.4) is 0 Å². The number of rotatable bonds is 7. The molecule has 11 nitrogen and oxygen atoms in total. The molecule has 3 N–H and O–H groups in total. The van der Waals surface area contributed by atoms with Crippen molar-refractivity contribution in [2.75, 3.05) is 16.6 Å². The molecule has 35 heavy (non-hydrogen) atoms. The van der Waals surface area contributed by atoms with E-state index in [-0.39, 0.29) is 28.0 Å². The zero-order valence-electron chi connectivity index (χ0n) is 18.8. The molecular weight excluding hydrogens is 524 g/mol. The Balaban J connectivity index is 1.47. The summed E-state index contributed by atoms with van der Waals surface area (Å²) in [5, 5.41) is 17.8. The minimum Gasteiger partial charge on any atom is -0.380 e. The fraction of sp³-hybridized carbons (Fsp3) is 0.650. The van der Waals surface area contributed by atoms with Gasteiger partial charge in [0.1, 0.15) is 30.0 Å². The standard InChI is InChI=1S/C20H24ClFN5O6PS/c1-20(2)32-15-13(7-35-8-34(28,29)30)31-19(16(15)33-20)27-18-12(6-24-27)14(11(5-23)17(21)26-18)25-10-3-9(22)4-10/h6,9-10,13,15-16,19H,3-4,7-8H2,1-2H3,(H,25,26)(H2,28,29,30)/t9?,10?,13-,15-,16-,19-/m1/s1. The molecule has 2 aliphatic heterocycles. The number of hydrogen-bond donors (Lipinski definition) is 3. The number of nitrogens with one attached hydrogen (secondary N) is 1. The van der Waals surface area contributed by atoms with E-state index >= 15 is 0 Å². The Hall–Kier alpha value is -1.49. The van der Waals surface area contributed by atoms with Crippen LogP contribution in [0.5, 0.6) is 0 Å². The molecule has 0 radical (unpaired) electrons. The molecule has 0 aromatic carbocycles. The van der Waals surface area contributed by atoms with Crippen LogP contribution in [0.4, 0.5) is 10.1 Å². The predicted octanol–water partition coefficient (Wildman–Crippen LogP) is 3.15. The van der Waals surface area contributed by atoms with E-state index in [1.54, 1.807) is 20.0 Å². The fourth-order valence-electron chi connectivity index (χ4n) is 4.62. The molecule has 0 unspecified atom stereocenters. The summed E-state index contributed by atoms with van der Waals surface area (Å²) < 4.78 is 44.5. The van der Waals surface area contributed by atoms with Gasteiger partial charge in [-0.2, -0.15) is 10.4 Å². The van der Waals surface area contributed by atoms with Gasteiger partial charge in [0.15, 0.2) is 22.8 Å². The van der Waals surface area contributed by atoms with Crippen LogP contribution < -0.4 is 5.32 Å². The van der Waals surface area contributed by atoms with Crippen molar-refractivity contribution in [3.8, 4) is 6.07 Å². The van der Waals surface area contributed by atoms with Crippen LogP contribution in [-0.4, -0.2) is 72.1 Å². The second-order valence-corrected chi connectivity index (χ2v) is 12.8. The van der Waals surface area contributed by atoms with E-state index in [2.05, 4.69) is 21.5 Å². The maximum absolute atomic E-state index is 13.4. The first-order chi connectivity index (χ1) is 16.5. The number of pyridine rings is 1. The molecule has 190 valence electrons. The van der Waals surface area contributed by atoms with Crippen LogP contribution >= 0.6 is 31.0 Å². The summed E-state index contributed by atoms with van der Waals surface area (Å²) in [7, 11) is -4.17. The van der Waals surface area contributed by atoms with Gasteiger partial charge in [-0.3, -0.25) is 4.57 Å². The lowest BCUT2D eigenvalue weighted by molar-refractivity contribution is -0.195. The summed E-state index contributed by atoms with van der Waals surface area (Å²) in [5.74, 6) is -0.627. The van der Waals surface area contributed by atoms with Crippen LogP contribution in [-0.2, 0) is 18.8 Å². The van der Waals surface area contributed by atoms with Gasteiger partial charge in [0, 0.05) is 11.8 Å². The number of anilines is 1. The van der Waals surface area contributed by atoms with E-state index in [0.717, 1.165) is 11.8 Å². The van der Waals surface area contributed by atoms with Gasteiger partial charge in [-0.05, 0) is 26.7 Å². The molecule has 1 saturated carbocycles. The first-order valence-corrected chi connectivity index (χ1v) is 14.3. The Bertz CT molecular complexity index is 1230. The third kappa shape index (κ3) is 4.91. The normalized spacial score (nSPS) is 31.8. The van der Waals surface area contributed by atoms with Crippen molar-refractivity contribution in [2.24, 2.45) is 0 Å². The molecule has 2 aromatic rings. The first-order valence-electron chi connectivity index (χ1n) is 11.0. The van der Waals surface area contributed by atoms with E-state index in [4.69, 9.17) is 25.8 Å². The van der Waals surface area contributed by atoms with Crippen LogP contribution in [0.15, 0.2) is 6.20 Å². The van der Waals surface area contributed by atoms with Crippen molar-refractivity contribution in [3.05, 3.63) is 16.9 Å². The molecule has 0 amide bonds. The van der Waals surface area contributed by atoms with Crippen LogP contribution in [0.2, 0.25) is 5.15 Å². The molecule has 2 aromatic heterocycles. The molecular formula is C20H24ClFN5O6PS. The van der Waals surface area contributed by atoms with Gasteiger partial charge >= 0.3 is 7.60 Å². The molecule has 2 saturated heterocycles. The number of fused-ring (bicyclic) bond motifs is 2. The maximum Gasteiger partial charge on any atom is 0.335 e. The zero-order chi connectivity index (χ0) is 25.1. The second-order valence-electron chi connectivity index (χ2n) is 9.30. The zero-order valence-corrected chi connectivity index (χ0v) is 21.3. The Kier molecular flexibility index (Phi) is 6.56. The van der Waals surface area contributed by atoms with Crippen LogP contribution in [0.1, 0.15) is 38.5 Å². The Morgan fingerprint density at radius 1 is 1.40 bits per heavy atom. The quantitative estimate of drug-likeness (QED) is 0.346. The third-order valence-electron chi connectivity index (χ3n) is 6.15. The van der Waals surface area contributed by atoms with Gasteiger partial charge in [-0.15, -0.1) is 11.8 Å². The smallest absolute Gasteiger partial charge is 0.335 e. The number of nitrogens with zero attached hydrogens (tertiary/aromatic N) is 4. The molecule has 0 bridgehead atoms. The summed E-state index contributed by atoms with van der Waals surface area (Å²) in [4.78, 5) is 22.8. The van der Waals surface area contributed by atoms with Crippen molar-refractivity contribution in [1.82, 2.24) is 14.8 Å². The highest BCUT2D eigenvalue weighted by Crippen LogP contribution is 2.46. The average Bonchev–Trinajstić information content (AvgIpc) is 3.37. The van der Waals surface area contributed by atoms with Gasteiger partial charge in [0.2, 0.25) is 0 Å². The van der Waals surface area contributed by atoms with Crippen molar-refractivity contribution in [2.45, 2.75) is 69.2 Å². The van der Waals surface area contributed by atoms with E-state index in [1.165, 1.54) is 4.68 Å². The van der Waals surface area contributed by atoms with Gasteiger partial charge in [-0.25, -0.2) is 14.1 Å². The minimum atomic E-state index is -4.17. The predicted molar refractivity (Wildman–Crippen MR) is 126 cm³/mol. The maximum atomic E-state index is 13.4. The van der Waals surface area contributed by atoms with Gasteiger partial charge in [0.25, 0.3) is 0 Å². The van der Waals surface area contributed by atoms with Crippen LogP contribution in [0, 0.1) is 11.3 Å². The monoisotopic (exact) mass is 547 g/mol. The number of thioether (sulfide) groups is 1. The van der Waals surface area contributed by atoms with E-state index in [1.807, 2.05) is 0 Å². The molecule has 0 spiro atoms. The highest BCUT2D eigenvalue weighted by atomic mass is 35.5. The Morgan fingerprint density at radius 2 is 2.11 bits per heavy atom. The summed E-state index contributed by atoms with van der Waals surface area (Å²) in [5.41, 5.74) is 0.610. The second kappa shape index (κ2) is 9.11. The minimum absolute atomic E-state index is 0.0208. The van der Waals surface area contributed by atoms with E-state index in [0.29, 0.717) is 29.6 Å². The Labute approximate surface area is 209 Å². The summed E-state index contributed by atoms with van der Waals surface area (Å²) in [6.07, 6.45) is -1.01. The summed E-state index contributed by atoms with van der Waals surface area (Å²) in [6, 6.07) is 1.93. The van der Waals surface area contributed by atoms with E-state index in [9.17, 15) is 24.0 Å². The fourth-order valence-corrected chi connectivity index (χ4v) is 6.71.